The molecule has 3 heteroatoms. The first-order valence-corrected chi connectivity index (χ1v) is 6.39. The fourth-order valence-electron chi connectivity index (χ4n) is 1.93. The maximum Gasteiger partial charge on any atom is 0.148 e. The largest absolute Gasteiger partial charge is 0.369 e. The quantitative estimate of drug-likeness (QED) is 0.887. The summed E-state index contributed by atoms with van der Waals surface area (Å²) in [6.07, 6.45) is 0. The van der Waals surface area contributed by atoms with Gasteiger partial charge in [0.15, 0.2) is 0 Å². The third kappa shape index (κ3) is 2.67. The molecule has 0 saturated carbocycles. The van der Waals surface area contributed by atoms with Gasteiger partial charge in [-0.05, 0) is 24.5 Å². The molecule has 0 spiro atoms. The third-order valence-electron chi connectivity index (χ3n) is 2.85. The summed E-state index contributed by atoms with van der Waals surface area (Å²) in [5.41, 5.74) is 3.33. The highest BCUT2D eigenvalue weighted by Gasteiger charge is 2.12. The van der Waals surface area contributed by atoms with Crippen molar-refractivity contribution in [3.63, 3.8) is 0 Å². The predicted molar refractivity (Wildman–Crippen MR) is 75.7 cm³/mol. The average molecular weight is 241 g/mol. The zero-order chi connectivity index (χ0) is 13.0. The maximum atomic E-state index is 4.38. The monoisotopic (exact) mass is 241 g/mol. The van der Waals surface area contributed by atoms with Crippen molar-refractivity contribution in [2.24, 2.45) is 0 Å². The molecule has 1 N–H and O–H groups in total. The van der Waals surface area contributed by atoms with E-state index in [9.17, 15) is 0 Å². The van der Waals surface area contributed by atoms with Gasteiger partial charge in [-0.3, -0.25) is 0 Å². The van der Waals surface area contributed by atoms with Crippen LogP contribution in [0.2, 0.25) is 0 Å². The Morgan fingerprint density at radius 1 is 1.11 bits per heavy atom. The second-order valence-corrected chi connectivity index (χ2v) is 4.58. The van der Waals surface area contributed by atoms with Crippen LogP contribution >= 0.6 is 0 Å². The molecule has 0 unspecified atom stereocenters. The Morgan fingerprint density at radius 3 is 2.44 bits per heavy atom. The minimum Gasteiger partial charge on any atom is -0.369 e. The van der Waals surface area contributed by atoms with E-state index in [2.05, 4.69) is 54.5 Å². The molecule has 2 rings (SSSR count). The zero-order valence-corrected chi connectivity index (χ0v) is 11.1. The molecule has 0 fully saturated rings. The van der Waals surface area contributed by atoms with Crippen molar-refractivity contribution >= 4 is 5.82 Å². The number of aromatic nitrogens is 2. The van der Waals surface area contributed by atoms with Crippen LogP contribution in [-0.2, 0) is 0 Å². The molecule has 2 aromatic rings. The van der Waals surface area contributed by atoms with Gasteiger partial charge in [0.2, 0.25) is 0 Å². The minimum absolute atomic E-state index is 0.424. The summed E-state index contributed by atoms with van der Waals surface area (Å²) in [4.78, 5) is 0. The van der Waals surface area contributed by atoms with Gasteiger partial charge in [0.05, 0.1) is 5.69 Å². The highest BCUT2D eigenvalue weighted by atomic mass is 15.2. The number of rotatable bonds is 4. The van der Waals surface area contributed by atoms with E-state index in [0.717, 1.165) is 23.6 Å². The van der Waals surface area contributed by atoms with Crippen molar-refractivity contribution in [3.8, 4) is 11.3 Å². The van der Waals surface area contributed by atoms with Crippen molar-refractivity contribution in [2.75, 3.05) is 11.9 Å². The average Bonchev–Trinajstić information content (AvgIpc) is 2.40. The standard InChI is InChI=1S/C15H19N3/c1-4-16-14-10-13(11(2)3)15(18-17-14)12-8-6-5-7-9-12/h5-11H,4H2,1-3H3,(H,16,17). The fraction of sp³-hybridized carbons (Fsp3) is 0.333. The number of anilines is 1. The molecule has 0 bridgehead atoms. The molecule has 0 saturated heterocycles. The molecular formula is C15H19N3. The van der Waals surface area contributed by atoms with E-state index in [1.54, 1.807) is 0 Å². The van der Waals surface area contributed by atoms with Gasteiger partial charge in [0, 0.05) is 12.1 Å². The van der Waals surface area contributed by atoms with Crippen LogP contribution < -0.4 is 5.32 Å². The number of benzene rings is 1. The first kappa shape index (κ1) is 12.6. The van der Waals surface area contributed by atoms with Gasteiger partial charge in [-0.15, -0.1) is 10.2 Å². The topological polar surface area (TPSA) is 37.8 Å². The SMILES string of the molecule is CCNc1cc(C(C)C)c(-c2ccccc2)nn1. The van der Waals surface area contributed by atoms with Gasteiger partial charge in [0.1, 0.15) is 5.82 Å². The lowest BCUT2D eigenvalue weighted by Crippen LogP contribution is -2.05. The molecule has 0 aliphatic heterocycles. The number of hydrogen-bond donors (Lipinski definition) is 1. The molecule has 0 aliphatic rings. The number of nitrogens with zero attached hydrogens (tertiary/aromatic N) is 2. The fourth-order valence-corrected chi connectivity index (χ4v) is 1.93. The van der Waals surface area contributed by atoms with Crippen LogP contribution in [0.15, 0.2) is 36.4 Å². The van der Waals surface area contributed by atoms with Gasteiger partial charge in [-0.1, -0.05) is 44.2 Å². The van der Waals surface area contributed by atoms with E-state index >= 15 is 0 Å². The Bertz CT molecular complexity index is 506. The summed E-state index contributed by atoms with van der Waals surface area (Å²) in [6.45, 7) is 7.27. The molecule has 94 valence electrons. The van der Waals surface area contributed by atoms with Crippen LogP contribution in [0.4, 0.5) is 5.82 Å². The van der Waals surface area contributed by atoms with Gasteiger partial charge < -0.3 is 5.32 Å². The highest BCUT2D eigenvalue weighted by Crippen LogP contribution is 2.28. The molecule has 1 aromatic heterocycles. The van der Waals surface area contributed by atoms with Crippen LogP contribution in [-0.4, -0.2) is 16.7 Å². The van der Waals surface area contributed by atoms with Crippen LogP contribution in [0, 0.1) is 0 Å². The highest BCUT2D eigenvalue weighted by molar-refractivity contribution is 5.64. The van der Waals surface area contributed by atoms with Crippen LogP contribution in [0.1, 0.15) is 32.3 Å². The van der Waals surface area contributed by atoms with Crippen molar-refractivity contribution in [1.29, 1.82) is 0 Å². The Balaban J connectivity index is 2.47. The Kier molecular flexibility index (Phi) is 3.92. The van der Waals surface area contributed by atoms with E-state index in [-0.39, 0.29) is 0 Å². The predicted octanol–water partition coefficient (Wildman–Crippen LogP) is 3.70. The van der Waals surface area contributed by atoms with Crippen LogP contribution in [0.5, 0.6) is 0 Å². The Hall–Kier alpha value is -1.90. The maximum absolute atomic E-state index is 4.38. The summed E-state index contributed by atoms with van der Waals surface area (Å²) in [5, 5.41) is 11.8. The third-order valence-corrected chi connectivity index (χ3v) is 2.85. The van der Waals surface area contributed by atoms with E-state index in [1.165, 1.54) is 5.56 Å². The van der Waals surface area contributed by atoms with Gasteiger partial charge >= 0.3 is 0 Å². The molecule has 0 amide bonds. The van der Waals surface area contributed by atoms with Crippen LogP contribution in [0.3, 0.4) is 0 Å². The lowest BCUT2D eigenvalue weighted by atomic mass is 9.98. The van der Waals surface area contributed by atoms with Gasteiger partial charge in [0.25, 0.3) is 0 Å². The summed E-state index contributed by atoms with van der Waals surface area (Å²) >= 11 is 0. The first-order chi connectivity index (χ1) is 8.72. The van der Waals surface area contributed by atoms with Gasteiger partial charge in [-0.25, -0.2) is 0 Å². The molecule has 0 aliphatic carbocycles. The zero-order valence-electron chi connectivity index (χ0n) is 11.1. The lowest BCUT2D eigenvalue weighted by molar-refractivity contribution is 0.846. The smallest absolute Gasteiger partial charge is 0.148 e. The van der Waals surface area contributed by atoms with E-state index in [4.69, 9.17) is 0 Å². The van der Waals surface area contributed by atoms with E-state index < -0.39 is 0 Å². The van der Waals surface area contributed by atoms with Crippen molar-refractivity contribution in [1.82, 2.24) is 10.2 Å². The Labute approximate surface area is 108 Å². The number of nitrogens with one attached hydrogen (secondary N) is 1. The lowest BCUT2D eigenvalue weighted by Gasteiger charge is -2.13. The molecule has 18 heavy (non-hydrogen) atoms. The summed E-state index contributed by atoms with van der Waals surface area (Å²) in [6, 6.07) is 12.3. The normalized spacial score (nSPS) is 10.7. The molecule has 0 radical (unpaired) electrons. The number of hydrogen-bond acceptors (Lipinski definition) is 3. The molecule has 3 nitrogen and oxygen atoms in total. The van der Waals surface area contributed by atoms with E-state index in [1.807, 2.05) is 18.2 Å². The summed E-state index contributed by atoms with van der Waals surface area (Å²) < 4.78 is 0. The van der Waals surface area contributed by atoms with Crippen LogP contribution in [0.25, 0.3) is 11.3 Å². The molecular weight excluding hydrogens is 222 g/mol. The van der Waals surface area contributed by atoms with Crippen molar-refractivity contribution < 1.29 is 0 Å². The summed E-state index contributed by atoms with van der Waals surface area (Å²) in [7, 11) is 0. The minimum atomic E-state index is 0.424. The second-order valence-electron chi connectivity index (χ2n) is 4.58. The van der Waals surface area contributed by atoms with Crippen molar-refractivity contribution in [2.45, 2.75) is 26.7 Å². The van der Waals surface area contributed by atoms with E-state index in [0.29, 0.717) is 5.92 Å². The molecule has 0 atom stereocenters. The second kappa shape index (κ2) is 5.63. The molecule has 1 heterocycles. The first-order valence-electron chi connectivity index (χ1n) is 6.39. The Morgan fingerprint density at radius 2 is 1.83 bits per heavy atom. The van der Waals surface area contributed by atoms with Crippen molar-refractivity contribution in [3.05, 3.63) is 42.0 Å². The summed E-state index contributed by atoms with van der Waals surface area (Å²) in [5.74, 6) is 1.27. The van der Waals surface area contributed by atoms with Gasteiger partial charge in [-0.2, -0.15) is 0 Å². The molecule has 1 aromatic carbocycles.